The molecule has 0 fully saturated rings. The fourth-order valence-electron chi connectivity index (χ4n) is 1.39. The number of nitrogens with two attached hydrogens (primary N) is 1. The van der Waals surface area contributed by atoms with Crippen LogP contribution in [-0.4, -0.2) is 22.4 Å². The zero-order valence-electron chi connectivity index (χ0n) is 8.49. The van der Waals surface area contributed by atoms with E-state index in [4.69, 9.17) is 22.1 Å². The number of nitrogen functional groups attached to an aromatic ring is 1. The van der Waals surface area contributed by atoms with Gasteiger partial charge in [0.25, 0.3) is 0 Å². The van der Waals surface area contributed by atoms with E-state index in [9.17, 15) is 5.11 Å². The second-order valence-electron chi connectivity index (χ2n) is 3.21. The maximum absolute atomic E-state index is 9.78. The second kappa shape index (κ2) is 3.94. The molecule has 0 saturated carbocycles. The van der Waals surface area contributed by atoms with Crippen LogP contribution in [0.1, 0.15) is 0 Å². The minimum Gasteiger partial charge on any atom is -0.507 e. The third-order valence-electron chi connectivity index (χ3n) is 2.16. The number of aromatic hydroxyl groups is 1. The molecule has 0 aliphatic carbocycles. The van der Waals surface area contributed by atoms with E-state index in [1.165, 1.54) is 13.2 Å². The van der Waals surface area contributed by atoms with Crippen molar-refractivity contribution in [1.29, 1.82) is 0 Å². The van der Waals surface area contributed by atoms with Gasteiger partial charge in [0.05, 0.1) is 17.8 Å². The number of halogens is 1. The Hall–Kier alpha value is -1.88. The number of aromatic nitrogens is 2. The number of nitrogens with one attached hydrogen (secondary N) is 1. The predicted octanol–water partition coefficient (Wildman–Crippen LogP) is 2.03. The molecule has 0 spiro atoms. The van der Waals surface area contributed by atoms with Crippen molar-refractivity contribution in [3.63, 3.8) is 0 Å². The van der Waals surface area contributed by atoms with Gasteiger partial charge in [-0.05, 0) is 6.07 Å². The molecule has 1 aromatic heterocycles. The SMILES string of the molecule is COc1cc(O)c(-c2cc(N)n[nH]2)cc1Cl. The Bertz CT molecular complexity index is 525. The van der Waals surface area contributed by atoms with Gasteiger partial charge in [-0.15, -0.1) is 0 Å². The normalized spacial score (nSPS) is 10.4. The summed E-state index contributed by atoms with van der Waals surface area (Å²) >= 11 is 5.96. The number of benzene rings is 1. The molecule has 1 aromatic carbocycles. The number of hydrogen-bond donors (Lipinski definition) is 3. The highest BCUT2D eigenvalue weighted by molar-refractivity contribution is 6.32. The van der Waals surface area contributed by atoms with Crippen LogP contribution in [0.2, 0.25) is 5.02 Å². The molecule has 0 saturated heterocycles. The van der Waals surface area contributed by atoms with Gasteiger partial charge in [-0.1, -0.05) is 11.6 Å². The van der Waals surface area contributed by atoms with Crippen LogP contribution >= 0.6 is 11.6 Å². The lowest BCUT2D eigenvalue weighted by Crippen LogP contribution is -1.86. The average Bonchev–Trinajstić information content (AvgIpc) is 2.67. The Kier molecular flexibility index (Phi) is 2.62. The van der Waals surface area contributed by atoms with Crippen molar-refractivity contribution >= 4 is 17.4 Å². The van der Waals surface area contributed by atoms with Crippen LogP contribution in [0.5, 0.6) is 11.5 Å². The molecule has 0 bridgehead atoms. The van der Waals surface area contributed by atoms with Crippen LogP contribution in [0, 0.1) is 0 Å². The predicted molar refractivity (Wildman–Crippen MR) is 61.7 cm³/mol. The maximum atomic E-state index is 9.78. The quantitative estimate of drug-likeness (QED) is 0.749. The van der Waals surface area contributed by atoms with Crippen molar-refractivity contribution < 1.29 is 9.84 Å². The summed E-state index contributed by atoms with van der Waals surface area (Å²) in [4.78, 5) is 0. The number of phenols is 1. The molecule has 2 rings (SSSR count). The van der Waals surface area contributed by atoms with E-state index < -0.39 is 0 Å². The van der Waals surface area contributed by atoms with Gasteiger partial charge >= 0.3 is 0 Å². The zero-order valence-corrected chi connectivity index (χ0v) is 9.25. The van der Waals surface area contributed by atoms with Gasteiger partial charge in [0.15, 0.2) is 0 Å². The van der Waals surface area contributed by atoms with Crippen LogP contribution in [0.15, 0.2) is 18.2 Å². The van der Waals surface area contributed by atoms with E-state index in [0.29, 0.717) is 27.8 Å². The van der Waals surface area contributed by atoms with Gasteiger partial charge in [0, 0.05) is 17.7 Å². The first-order valence-electron chi connectivity index (χ1n) is 4.49. The topological polar surface area (TPSA) is 84.2 Å². The van der Waals surface area contributed by atoms with Crippen LogP contribution < -0.4 is 10.5 Å². The van der Waals surface area contributed by atoms with Gasteiger partial charge < -0.3 is 15.6 Å². The van der Waals surface area contributed by atoms with Crippen molar-refractivity contribution in [2.75, 3.05) is 12.8 Å². The summed E-state index contributed by atoms with van der Waals surface area (Å²) in [6.07, 6.45) is 0. The van der Waals surface area contributed by atoms with E-state index in [-0.39, 0.29) is 5.75 Å². The number of hydrogen-bond acceptors (Lipinski definition) is 4. The fourth-order valence-corrected chi connectivity index (χ4v) is 1.63. The highest BCUT2D eigenvalue weighted by Crippen LogP contribution is 2.37. The number of ether oxygens (including phenoxy) is 1. The van der Waals surface area contributed by atoms with Gasteiger partial charge in [-0.3, -0.25) is 5.10 Å². The van der Waals surface area contributed by atoms with E-state index in [0.717, 1.165) is 0 Å². The zero-order chi connectivity index (χ0) is 11.7. The van der Waals surface area contributed by atoms with Crippen molar-refractivity contribution in [1.82, 2.24) is 10.2 Å². The van der Waals surface area contributed by atoms with Crippen molar-refractivity contribution in [3.05, 3.63) is 23.2 Å². The van der Waals surface area contributed by atoms with E-state index >= 15 is 0 Å². The van der Waals surface area contributed by atoms with Gasteiger partial charge in [-0.25, -0.2) is 0 Å². The minimum atomic E-state index is 0.0462. The Morgan fingerprint density at radius 1 is 1.44 bits per heavy atom. The van der Waals surface area contributed by atoms with Crippen LogP contribution in [0.25, 0.3) is 11.3 Å². The lowest BCUT2D eigenvalue weighted by molar-refractivity contribution is 0.408. The third kappa shape index (κ3) is 1.77. The molecule has 6 heteroatoms. The highest BCUT2D eigenvalue weighted by Gasteiger charge is 2.11. The highest BCUT2D eigenvalue weighted by atomic mass is 35.5. The summed E-state index contributed by atoms with van der Waals surface area (Å²) in [6, 6.07) is 4.63. The molecule has 0 aliphatic rings. The number of rotatable bonds is 2. The van der Waals surface area contributed by atoms with Gasteiger partial charge in [0.1, 0.15) is 17.3 Å². The van der Waals surface area contributed by atoms with Crippen LogP contribution in [0.3, 0.4) is 0 Å². The Morgan fingerprint density at radius 2 is 2.19 bits per heavy atom. The molecule has 0 aliphatic heterocycles. The summed E-state index contributed by atoms with van der Waals surface area (Å²) in [5.41, 5.74) is 6.60. The first-order valence-corrected chi connectivity index (χ1v) is 4.87. The molecule has 5 nitrogen and oxygen atoms in total. The second-order valence-corrected chi connectivity index (χ2v) is 3.62. The standard InChI is InChI=1S/C10H10ClN3O2/c1-16-9-4-8(15)5(2-6(9)11)7-3-10(12)14-13-7/h2-4,15H,1H3,(H3,12,13,14). The molecule has 0 radical (unpaired) electrons. The minimum absolute atomic E-state index is 0.0462. The summed E-state index contributed by atoms with van der Waals surface area (Å²) in [7, 11) is 1.48. The molecular formula is C10H10ClN3O2. The van der Waals surface area contributed by atoms with Crippen molar-refractivity contribution in [2.45, 2.75) is 0 Å². The molecule has 0 amide bonds. The lowest BCUT2D eigenvalue weighted by Gasteiger charge is -2.07. The molecule has 0 atom stereocenters. The van der Waals surface area contributed by atoms with E-state index in [2.05, 4.69) is 10.2 Å². The molecule has 2 aromatic rings. The molecular weight excluding hydrogens is 230 g/mol. The smallest absolute Gasteiger partial charge is 0.145 e. The fraction of sp³-hybridized carbons (Fsp3) is 0.100. The molecule has 1 heterocycles. The third-order valence-corrected chi connectivity index (χ3v) is 2.45. The average molecular weight is 240 g/mol. The van der Waals surface area contributed by atoms with E-state index in [1.807, 2.05) is 0 Å². The lowest BCUT2D eigenvalue weighted by atomic mass is 10.1. The number of anilines is 1. The van der Waals surface area contributed by atoms with Crippen molar-refractivity contribution in [3.8, 4) is 22.8 Å². The van der Waals surface area contributed by atoms with E-state index in [1.54, 1.807) is 12.1 Å². The largest absolute Gasteiger partial charge is 0.507 e. The monoisotopic (exact) mass is 239 g/mol. The Labute approximate surface area is 96.8 Å². The van der Waals surface area contributed by atoms with Gasteiger partial charge in [-0.2, -0.15) is 5.10 Å². The Morgan fingerprint density at radius 3 is 2.75 bits per heavy atom. The van der Waals surface area contributed by atoms with Gasteiger partial charge in [0.2, 0.25) is 0 Å². The molecule has 4 N–H and O–H groups in total. The summed E-state index contributed by atoms with van der Waals surface area (Å²) in [5, 5.41) is 16.7. The number of nitrogens with zero attached hydrogens (tertiary/aromatic N) is 1. The number of aromatic amines is 1. The summed E-state index contributed by atoms with van der Waals surface area (Å²) in [5.74, 6) is 0.807. The van der Waals surface area contributed by atoms with Crippen LogP contribution in [-0.2, 0) is 0 Å². The Balaban J connectivity index is 2.54. The number of H-pyrrole nitrogens is 1. The first-order chi connectivity index (χ1) is 7.61. The van der Waals surface area contributed by atoms with Crippen LogP contribution in [0.4, 0.5) is 5.82 Å². The number of phenolic OH excluding ortho intramolecular Hbond substituents is 1. The number of methoxy groups -OCH3 is 1. The maximum Gasteiger partial charge on any atom is 0.145 e. The molecule has 16 heavy (non-hydrogen) atoms. The summed E-state index contributed by atoms with van der Waals surface area (Å²) in [6.45, 7) is 0. The molecule has 84 valence electrons. The summed E-state index contributed by atoms with van der Waals surface area (Å²) < 4.78 is 4.98. The van der Waals surface area contributed by atoms with Crippen molar-refractivity contribution in [2.24, 2.45) is 0 Å². The first kappa shape index (κ1) is 10.6. The molecule has 0 unspecified atom stereocenters.